The van der Waals surface area contributed by atoms with Gasteiger partial charge in [0.05, 0.1) is 13.2 Å². The summed E-state index contributed by atoms with van der Waals surface area (Å²) in [4.78, 5) is 10.5. The molecule has 0 radical (unpaired) electrons. The molecule has 0 fully saturated rings. The molecule has 0 amide bonds. The summed E-state index contributed by atoms with van der Waals surface area (Å²) in [6, 6.07) is 0. The molecule has 0 aromatic carbocycles. The molecule has 1 aromatic heterocycles. The molecule has 1 N–H and O–H groups in total. The average Bonchev–Trinajstić information content (AvgIpc) is 2.20. The van der Waals surface area contributed by atoms with Gasteiger partial charge in [-0.25, -0.2) is 0 Å². The topological polar surface area (TPSA) is 98.1 Å². The van der Waals surface area contributed by atoms with Crippen LogP contribution >= 0.6 is 0 Å². The highest BCUT2D eigenvalue weighted by Gasteiger charge is 2.02. The smallest absolute Gasteiger partial charge is 0.302 e. The largest absolute Gasteiger partial charge is 0.465 e. The summed E-state index contributed by atoms with van der Waals surface area (Å²) in [5.41, 5.74) is 0. The minimum Gasteiger partial charge on any atom is -0.465 e. The van der Waals surface area contributed by atoms with Crippen molar-refractivity contribution in [3.05, 3.63) is 11.6 Å². The van der Waals surface area contributed by atoms with Crippen molar-refractivity contribution in [2.24, 2.45) is 0 Å². The zero-order valence-electron chi connectivity index (χ0n) is 8.38. The van der Waals surface area contributed by atoms with E-state index in [0.717, 1.165) is 0 Å². The number of hydrogen-bond acceptors (Lipinski definition) is 7. The van der Waals surface area contributed by atoms with Gasteiger partial charge in [0, 0.05) is 19.8 Å². The van der Waals surface area contributed by atoms with Gasteiger partial charge in [-0.15, -0.1) is 20.4 Å². The molecule has 0 spiro atoms. The highest BCUT2D eigenvalue weighted by molar-refractivity contribution is 5.65. The van der Waals surface area contributed by atoms with E-state index in [1.165, 1.54) is 6.92 Å². The standard InChI is InChI=1S/C8H12N4O3/c1-6(14)15-5-3-8-11-9-7(2-4-13)10-12-8/h13H,2-5H2,1H3. The second-order valence-corrected chi connectivity index (χ2v) is 2.80. The van der Waals surface area contributed by atoms with E-state index in [4.69, 9.17) is 9.84 Å². The molecule has 82 valence electrons. The van der Waals surface area contributed by atoms with Gasteiger partial charge in [-0.2, -0.15) is 0 Å². The fraction of sp³-hybridized carbons (Fsp3) is 0.625. The van der Waals surface area contributed by atoms with Crippen LogP contribution in [-0.4, -0.2) is 44.7 Å². The Balaban J connectivity index is 2.39. The average molecular weight is 212 g/mol. The maximum absolute atomic E-state index is 10.5. The number of nitrogens with zero attached hydrogens (tertiary/aromatic N) is 4. The quantitative estimate of drug-likeness (QED) is 0.619. The summed E-state index contributed by atoms with van der Waals surface area (Å²) in [7, 11) is 0. The van der Waals surface area contributed by atoms with E-state index in [9.17, 15) is 4.79 Å². The zero-order valence-corrected chi connectivity index (χ0v) is 8.38. The third-order valence-corrected chi connectivity index (χ3v) is 1.53. The maximum atomic E-state index is 10.5. The Morgan fingerprint density at radius 3 is 2.20 bits per heavy atom. The molecular weight excluding hydrogens is 200 g/mol. The van der Waals surface area contributed by atoms with Gasteiger partial charge in [-0.1, -0.05) is 0 Å². The van der Waals surface area contributed by atoms with E-state index in [2.05, 4.69) is 20.4 Å². The Morgan fingerprint density at radius 2 is 1.73 bits per heavy atom. The minimum absolute atomic E-state index is 0.0316. The summed E-state index contributed by atoms with van der Waals surface area (Å²) >= 11 is 0. The van der Waals surface area contributed by atoms with Crippen molar-refractivity contribution >= 4 is 5.97 Å². The number of carbonyl (C=O) groups excluding carboxylic acids is 1. The second-order valence-electron chi connectivity index (χ2n) is 2.80. The van der Waals surface area contributed by atoms with E-state index >= 15 is 0 Å². The Kier molecular flexibility index (Phi) is 4.55. The van der Waals surface area contributed by atoms with Crippen LogP contribution in [0.2, 0.25) is 0 Å². The number of aromatic nitrogens is 4. The van der Waals surface area contributed by atoms with Gasteiger partial charge in [-0.05, 0) is 0 Å². The van der Waals surface area contributed by atoms with Crippen molar-refractivity contribution in [1.29, 1.82) is 0 Å². The number of hydrogen-bond donors (Lipinski definition) is 1. The molecule has 0 saturated carbocycles. The van der Waals surface area contributed by atoms with Crippen LogP contribution < -0.4 is 0 Å². The normalized spacial score (nSPS) is 10.0. The zero-order chi connectivity index (χ0) is 11.1. The molecule has 1 aromatic rings. The van der Waals surface area contributed by atoms with E-state index < -0.39 is 0 Å². The first-order chi connectivity index (χ1) is 7.22. The summed E-state index contributed by atoms with van der Waals surface area (Å²) in [5, 5.41) is 23.6. The van der Waals surface area contributed by atoms with Crippen LogP contribution in [-0.2, 0) is 22.4 Å². The van der Waals surface area contributed by atoms with Crippen LogP contribution in [0.3, 0.4) is 0 Å². The number of rotatable bonds is 5. The first-order valence-electron chi connectivity index (χ1n) is 4.51. The Bertz CT molecular complexity index is 314. The molecule has 0 unspecified atom stereocenters. The lowest BCUT2D eigenvalue weighted by Gasteiger charge is -2.00. The number of carbonyl (C=O) groups is 1. The number of aliphatic hydroxyl groups excluding tert-OH is 1. The highest BCUT2D eigenvalue weighted by Crippen LogP contribution is 1.90. The third-order valence-electron chi connectivity index (χ3n) is 1.53. The summed E-state index contributed by atoms with van der Waals surface area (Å²) in [6.07, 6.45) is 0.725. The van der Waals surface area contributed by atoms with Gasteiger partial charge in [0.2, 0.25) is 0 Å². The van der Waals surface area contributed by atoms with Crippen molar-refractivity contribution in [2.75, 3.05) is 13.2 Å². The van der Waals surface area contributed by atoms with Crippen LogP contribution in [0.4, 0.5) is 0 Å². The van der Waals surface area contributed by atoms with Crippen molar-refractivity contribution in [1.82, 2.24) is 20.4 Å². The van der Waals surface area contributed by atoms with Crippen LogP contribution in [0.1, 0.15) is 18.6 Å². The number of aliphatic hydroxyl groups is 1. The molecule has 1 rings (SSSR count). The molecular formula is C8H12N4O3. The van der Waals surface area contributed by atoms with E-state index in [1.54, 1.807) is 0 Å². The predicted molar refractivity (Wildman–Crippen MR) is 48.7 cm³/mol. The predicted octanol–water partition coefficient (Wildman–Crippen LogP) is -1.09. The van der Waals surface area contributed by atoms with Crippen molar-refractivity contribution in [2.45, 2.75) is 19.8 Å². The van der Waals surface area contributed by atoms with Gasteiger partial charge in [-0.3, -0.25) is 4.79 Å². The molecule has 0 atom stereocenters. The Morgan fingerprint density at radius 1 is 1.20 bits per heavy atom. The summed E-state index contributed by atoms with van der Waals surface area (Å²) in [6.45, 7) is 1.52. The summed E-state index contributed by atoms with van der Waals surface area (Å²) in [5.74, 6) is 0.472. The first-order valence-corrected chi connectivity index (χ1v) is 4.51. The minimum atomic E-state index is -0.340. The van der Waals surface area contributed by atoms with Crippen LogP contribution in [0.25, 0.3) is 0 Å². The van der Waals surface area contributed by atoms with Crippen LogP contribution in [0.15, 0.2) is 0 Å². The SMILES string of the molecule is CC(=O)OCCc1nnc(CCO)nn1. The first kappa shape index (κ1) is 11.4. The Labute approximate surface area is 86.5 Å². The van der Waals surface area contributed by atoms with E-state index in [-0.39, 0.29) is 19.2 Å². The monoisotopic (exact) mass is 212 g/mol. The second kappa shape index (κ2) is 5.97. The lowest BCUT2D eigenvalue weighted by Crippen LogP contribution is -2.10. The highest BCUT2D eigenvalue weighted by atomic mass is 16.5. The molecule has 0 saturated heterocycles. The Hall–Kier alpha value is -1.63. The van der Waals surface area contributed by atoms with Gasteiger partial charge in [0.25, 0.3) is 0 Å². The fourth-order valence-electron chi connectivity index (χ4n) is 0.857. The molecule has 15 heavy (non-hydrogen) atoms. The molecule has 1 heterocycles. The van der Waals surface area contributed by atoms with E-state index in [1.807, 2.05) is 0 Å². The molecule has 0 bridgehead atoms. The fourth-order valence-corrected chi connectivity index (χ4v) is 0.857. The van der Waals surface area contributed by atoms with E-state index in [0.29, 0.717) is 24.5 Å². The molecule has 0 aliphatic heterocycles. The van der Waals surface area contributed by atoms with Crippen LogP contribution in [0.5, 0.6) is 0 Å². The van der Waals surface area contributed by atoms with Gasteiger partial charge >= 0.3 is 5.97 Å². The number of ether oxygens (including phenoxy) is 1. The van der Waals surface area contributed by atoms with Gasteiger partial charge in [0.15, 0.2) is 11.6 Å². The van der Waals surface area contributed by atoms with Crippen LogP contribution in [0, 0.1) is 0 Å². The van der Waals surface area contributed by atoms with Crippen molar-refractivity contribution < 1.29 is 14.6 Å². The number of esters is 1. The third kappa shape index (κ3) is 4.41. The molecule has 7 nitrogen and oxygen atoms in total. The maximum Gasteiger partial charge on any atom is 0.302 e. The molecule has 7 heteroatoms. The summed E-state index contributed by atoms with van der Waals surface area (Å²) < 4.78 is 4.71. The lowest BCUT2D eigenvalue weighted by atomic mass is 10.4. The van der Waals surface area contributed by atoms with Crippen molar-refractivity contribution in [3.63, 3.8) is 0 Å². The van der Waals surface area contributed by atoms with Gasteiger partial charge in [0.1, 0.15) is 0 Å². The molecule has 0 aliphatic rings. The van der Waals surface area contributed by atoms with Gasteiger partial charge < -0.3 is 9.84 Å². The molecule has 0 aliphatic carbocycles. The lowest BCUT2D eigenvalue weighted by molar-refractivity contribution is -0.140. The van der Waals surface area contributed by atoms with Crippen molar-refractivity contribution in [3.8, 4) is 0 Å².